The zero-order valence-corrected chi connectivity index (χ0v) is 13.0. The number of aliphatic hydroxyl groups is 1. The Balaban J connectivity index is 0.00000220. The van der Waals surface area contributed by atoms with Gasteiger partial charge in [0.15, 0.2) is 0 Å². The van der Waals surface area contributed by atoms with Crippen LogP contribution in [0.4, 0.5) is 0 Å². The minimum Gasteiger partial charge on any atom is -0.396 e. The number of methoxy groups -OCH3 is 1. The molecule has 2 aromatic carbocycles. The summed E-state index contributed by atoms with van der Waals surface area (Å²) in [5, 5.41) is 8.97. The first-order valence-electron chi connectivity index (χ1n) is 6.79. The summed E-state index contributed by atoms with van der Waals surface area (Å²) in [6, 6.07) is 16.4. The van der Waals surface area contributed by atoms with Gasteiger partial charge in [-0.3, -0.25) is 0 Å². The van der Waals surface area contributed by atoms with Crippen LogP contribution in [0.1, 0.15) is 23.6 Å². The van der Waals surface area contributed by atoms with Gasteiger partial charge in [-0.15, -0.1) is 12.4 Å². The predicted molar refractivity (Wildman–Crippen MR) is 88.5 cm³/mol. The molecule has 0 aromatic heterocycles. The van der Waals surface area contributed by atoms with Crippen molar-refractivity contribution in [3.63, 3.8) is 0 Å². The van der Waals surface area contributed by atoms with Gasteiger partial charge < -0.3 is 15.6 Å². The third-order valence-electron chi connectivity index (χ3n) is 3.35. The fourth-order valence-corrected chi connectivity index (χ4v) is 2.21. The Morgan fingerprint density at radius 2 is 1.81 bits per heavy atom. The topological polar surface area (TPSA) is 55.5 Å². The number of nitrogens with two attached hydrogens (primary N) is 1. The van der Waals surface area contributed by atoms with Crippen molar-refractivity contribution in [2.24, 2.45) is 5.73 Å². The molecule has 0 bridgehead atoms. The number of aliphatic hydroxyl groups excluding tert-OH is 1. The van der Waals surface area contributed by atoms with E-state index in [9.17, 15) is 0 Å². The van der Waals surface area contributed by atoms with Crippen LogP contribution in [0.25, 0.3) is 11.1 Å². The molecule has 0 aliphatic rings. The quantitative estimate of drug-likeness (QED) is 0.861. The maximum atomic E-state index is 8.97. The molecule has 3 nitrogen and oxygen atoms in total. The molecule has 0 spiro atoms. The van der Waals surface area contributed by atoms with Crippen LogP contribution in [-0.4, -0.2) is 18.8 Å². The van der Waals surface area contributed by atoms with E-state index in [0.717, 1.165) is 22.3 Å². The zero-order chi connectivity index (χ0) is 14.4. The molecular weight excluding hydrogens is 286 g/mol. The highest BCUT2D eigenvalue weighted by Crippen LogP contribution is 2.24. The van der Waals surface area contributed by atoms with E-state index in [4.69, 9.17) is 15.6 Å². The normalized spacial score (nSPS) is 11.8. The summed E-state index contributed by atoms with van der Waals surface area (Å²) in [5.41, 5.74) is 10.5. The van der Waals surface area contributed by atoms with Gasteiger partial charge in [-0.2, -0.15) is 0 Å². The van der Waals surface area contributed by atoms with Crippen LogP contribution in [0.2, 0.25) is 0 Å². The second-order valence-corrected chi connectivity index (χ2v) is 4.87. The van der Waals surface area contributed by atoms with E-state index >= 15 is 0 Å². The van der Waals surface area contributed by atoms with Gasteiger partial charge in [-0.05, 0) is 34.7 Å². The molecule has 4 heteroatoms. The molecule has 114 valence electrons. The van der Waals surface area contributed by atoms with Gasteiger partial charge in [-0.25, -0.2) is 0 Å². The van der Waals surface area contributed by atoms with Crippen LogP contribution in [-0.2, 0) is 11.3 Å². The molecule has 0 aliphatic carbocycles. The maximum Gasteiger partial charge on any atom is 0.0713 e. The average Bonchev–Trinajstić information content (AvgIpc) is 2.49. The minimum absolute atomic E-state index is 0. The van der Waals surface area contributed by atoms with E-state index in [1.165, 1.54) is 0 Å². The van der Waals surface area contributed by atoms with E-state index in [1.54, 1.807) is 7.11 Å². The Kier molecular flexibility index (Phi) is 7.40. The van der Waals surface area contributed by atoms with Gasteiger partial charge in [0, 0.05) is 19.8 Å². The third kappa shape index (κ3) is 4.83. The molecule has 0 heterocycles. The van der Waals surface area contributed by atoms with Gasteiger partial charge in [0.2, 0.25) is 0 Å². The van der Waals surface area contributed by atoms with Crippen LogP contribution >= 0.6 is 12.4 Å². The van der Waals surface area contributed by atoms with Crippen LogP contribution in [0.5, 0.6) is 0 Å². The SMILES string of the molecule is COCc1ccc(-c2cccc(C(N)CCO)c2)cc1.Cl. The molecule has 0 radical (unpaired) electrons. The molecule has 0 fully saturated rings. The Morgan fingerprint density at radius 3 is 2.43 bits per heavy atom. The van der Waals surface area contributed by atoms with Crippen LogP contribution < -0.4 is 5.73 Å². The largest absolute Gasteiger partial charge is 0.396 e. The molecule has 0 aliphatic heterocycles. The Hall–Kier alpha value is -1.39. The summed E-state index contributed by atoms with van der Waals surface area (Å²) < 4.78 is 5.11. The highest BCUT2D eigenvalue weighted by Gasteiger charge is 2.06. The lowest BCUT2D eigenvalue weighted by atomic mass is 9.98. The Morgan fingerprint density at radius 1 is 1.10 bits per heavy atom. The molecule has 0 saturated heterocycles. The zero-order valence-electron chi connectivity index (χ0n) is 12.2. The van der Waals surface area contributed by atoms with Crippen LogP contribution in [0.15, 0.2) is 48.5 Å². The monoisotopic (exact) mass is 307 g/mol. The van der Waals surface area contributed by atoms with E-state index < -0.39 is 0 Å². The van der Waals surface area contributed by atoms with Gasteiger partial charge in [0.1, 0.15) is 0 Å². The van der Waals surface area contributed by atoms with Crippen molar-refractivity contribution in [1.29, 1.82) is 0 Å². The van der Waals surface area contributed by atoms with Crippen molar-refractivity contribution in [2.45, 2.75) is 19.1 Å². The van der Waals surface area contributed by atoms with E-state index in [2.05, 4.69) is 36.4 Å². The first kappa shape index (κ1) is 17.7. The standard InChI is InChI=1S/C17H21NO2.ClH/c1-20-12-13-5-7-14(8-6-13)15-3-2-4-16(11-15)17(18)9-10-19;/h2-8,11,17,19H,9-10,12,18H2,1H3;1H. The van der Waals surface area contributed by atoms with Crippen molar-refractivity contribution >= 4 is 12.4 Å². The first-order valence-corrected chi connectivity index (χ1v) is 6.79. The summed E-state index contributed by atoms with van der Waals surface area (Å²) in [6.45, 7) is 0.735. The fourth-order valence-electron chi connectivity index (χ4n) is 2.21. The molecule has 0 amide bonds. The summed E-state index contributed by atoms with van der Waals surface area (Å²) >= 11 is 0. The number of rotatable bonds is 6. The summed E-state index contributed by atoms with van der Waals surface area (Å²) in [5.74, 6) is 0. The number of hydrogen-bond acceptors (Lipinski definition) is 3. The highest BCUT2D eigenvalue weighted by atomic mass is 35.5. The van der Waals surface area contributed by atoms with E-state index in [1.807, 2.05) is 12.1 Å². The smallest absolute Gasteiger partial charge is 0.0713 e. The lowest BCUT2D eigenvalue weighted by Crippen LogP contribution is -2.11. The van der Waals surface area contributed by atoms with Crippen molar-refractivity contribution in [1.82, 2.24) is 0 Å². The molecule has 0 saturated carbocycles. The van der Waals surface area contributed by atoms with Crippen molar-refractivity contribution in [2.75, 3.05) is 13.7 Å². The molecular formula is C17H22ClNO2. The van der Waals surface area contributed by atoms with Crippen molar-refractivity contribution < 1.29 is 9.84 Å². The number of benzene rings is 2. The molecule has 1 unspecified atom stereocenters. The maximum absolute atomic E-state index is 8.97. The molecule has 3 N–H and O–H groups in total. The molecule has 2 rings (SSSR count). The fraction of sp³-hybridized carbons (Fsp3) is 0.294. The number of ether oxygens (including phenoxy) is 1. The van der Waals surface area contributed by atoms with E-state index in [0.29, 0.717) is 13.0 Å². The molecule has 21 heavy (non-hydrogen) atoms. The minimum atomic E-state index is -0.118. The van der Waals surface area contributed by atoms with E-state index in [-0.39, 0.29) is 25.1 Å². The lowest BCUT2D eigenvalue weighted by molar-refractivity contribution is 0.185. The number of hydrogen-bond donors (Lipinski definition) is 2. The second kappa shape index (κ2) is 8.80. The van der Waals surface area contributed by atoms with Gasteiger partial charge in [0.25, 0.3) is 0 Å². The summed E-state index contributed by atoms with van der Waals surface area (Å²) in [4.78, 5) is 0. The average molecular weight is 308 g/mol. The Labute approximate surface area is 132 Å². The lowest BCUT2D eigenvalue weighted by Gasteiger charge is -2.12. The molecule has 1 atom stereocenters. The van der Waals surface area contributed by atoms with Gasteiger partial charge in [0.05, 0.1) is 6.61 Å². The van der Waals surface area contributed by atoms with Gasteiger partial charge >= 0.3 is 0 Å². The third-order valence-corrected chi connectivity index (χ3v) is 3.35. The van der Waals surface area contributed by atoms with Crippen LogP contribution in [0, 0.1) is 0 Å². The number of halogens is 1. The summed E-state index contributed by atoms with van der Waals surface area (Å²) in [7, 11) is 1.69. The molecule has 2 aromatic rings. The second-order valence-electron chi connectivity index (χ2n) is 4.87. The van der Waals surface area contributed by atoms with Crippen molar-refractivity contribution in [3.05, 3.63) is 59.7 Å². The van der Waals surface area contributed by atoms with Crippen molar-refractivity contribution in [3.8, 4) is 11.1 Å². The predicted octanol–water partition coefficient (Wildman–Crippen LogP) is 3.30. The summed E-state index contributed by atoms with van der Waals surface area (Å²) in [6.07, 6.45) is 0.580. The van der Waals surface area contributed by atoms with Gasteiger partial charge in [-0.1, -0.05) is 42.5 Å². The highest BCUT2D eigenvalue weighted by molar-refractivity contribution is 5.85. The van der Waals surface area contributed by atoms with Crippen LogP contribution in [0.3, 0.4) is 0 Å². The Bertz CT molecular complexity index is 543. The first-order chi connectivity index (χ1) is 9.74.